The van der Waals surface area contributed by atoms with Gasteiger partial charge in [0, 0.05) is 6.20 Å². The van der Waals surface area contributed by atoms with Crippen molar-refractivity contribution in [3.8, 4) is 0 Å². The van der Waals surface area contributed by atoms with Crippen molar-refractivity contribution in [2.24, 2.45) is 0 Å². The van der Waals surface area contributed by atoms with Gasteiger partial charge in [0.1, 0.15) is 17.3 Å². The molecule has 0 spiro atoms. The van der Waals surface area contributed by atoms with Gasteiger partial charge in [-0.1, -0.05) is 11.6 Å². The van der Waals surface area contributed by atoms with Crippen LogP contribution in [0.25, 0.3) is 0 Å². The number of aryl methyl sites for hydroxylation is 1. The van der Waals surface area contributed by atoms with Crippen LogP contribution in [0.1, 0.15) is 21.9 Å². The zero-order valence-electron chi connectivity index (χ0n) is 9.61. The first kappa shape index (κ1) is 12.4. The van der Waals surface area contributed by atoms with Gasteiger partial charge in [0.05, 0.1) is 17.1 Å². The number of rotatable bonds is 4. The van der Waals surface area contributed by atoms with E-state index in [4.69, 9.17) is 21.1 Å². The van der Waals surface area contributed by atoms with Crippen molar-refractivity contribution >= 4 is 23.4 Å². The molecule has 0 fully saturated rings. The maximum Gasteiger partial charge on any atom is 0.337 e. The molecule has 0 unspecified atom stereocenters. The van der Waals surface area contributed by atoms with Gasteiger partial charge in [-0.3, -0.25) is 0 Å². The van der Waals surface area contributed by atoms with Crippen LogP contribution in [0.2, 0.25) is 5.02 Å². The molecule has 0 aromatic carbocycles. The molecule has 18 heavy (non-hydrogen) atoms. The Labute approximate surface area is 108 Å². The van der Waals surface area contributed by atoms with Gasteiger partial charge in [-0.2, -0.15) is 0 Å². The lowest BCUT2D eigenvalue weighted by atomic mass is 10.2. The van der Waals surface area contributed by atoms with E-state index in [-0.39, 0.29) is 10.6 Å². The summed E-state index contributed by atoms with van der Waals surface area (Å²) in [6, 6.07) is 5.09. The van der Waals surface area contributed by atoms with Crippen LogP contribution in [0.3, 0.4) is 0 Å². The Morgan fingerprint density at radius 3 is 2.94 bits per heavy atom. The normalized spacial score (nSPS) is 10.3. The summed E-state index contributed by atoms with van der Waals surface area (Å²) in [6.45, 7) is 2.29. The van der Waals surface area contributed by atoms with Crippen molar-refractivity contribution in [1.82, 2.24) is 4.98 Å². The molecule has 0 saturated carbocycles. The highest BCUT2D eigenvalue weighted by Crippen LogP contribution is 2.18. The minimum atomic E-state index is -1.08. The fourth-order valence-electron chi connectivity index (χ4n) is 1.46. The van der Waals surface area contributed by atoms with Crippen LogP contribution in [0.5, 0.6) is 0 Å². The quantitative estimate of drug-likeness (QED) is 0.890. The zero-order valence-corrected chi connectivity index (χ0v) is 10.4. The molecule has 6 heteroatoms. The number of hydrogen-bond donors (Lipinski definition) is 2. The van der Waals surface area contributed by atoms with Gasteiger partial charge >= 0.3 is 5.97 Å². The van der Waals surface area contributed by atoms with Gasteiger partial charge in [0.15, 0.2) is 0 Å². The van der Waals surface area contributed by atoms with Crippen LogP contribution in [-0.2, 0) is 6.54 Å². The Morgan fingerprint density at radius 1 is 1.56 bits per heavy atom. The maximum atomic E-state index is 10.9. The van der Waals surface area contributed by atoms with Crippen LogP contribution >= 0.6 is 11.6 Å². The van der Waals surface area contributed by atoms with Crippen LogP contribution in [0, 0.1) is 6.92 Å². The van der Waals surface area contributed by atoms with Gasteiger partial charge in [0.25, 0.3) is 0 Å². The molecule has 2 heterocycles. The van der Waals surface area contributed by atoms with Crippen molar-refractivity contribution in [2.75, 3.05) is 5.32 Å². The molecular formula is C12H11ClN2O3. The topological polar surface area (TPSA) is 75.4 Å². The fourth-order valence-corrected chi connectivity index (χ4v) is 1.64. The second kappa shape index (κ2) is 5.10. The largest absolute Gasteiger partial charge is 0.478 e. The zero-order chi connectivity index (χ0) is 13.1. The van der Waals surface area contributed by atoms with Crippen LogP contribution in [-0.4, -0.2) is 16.1 Å². The lowest BCUT2D eigenvalue weighted by Gasteiger charge is -2.05. The number of nitrogens with zero attached hydrogens (tertiary/aromatic N) is 1. The molecule has 0 atom stereocenters. The van der Waals surface area contributed by atoms with E-state index in [0.29, 0.717) is 12.4 Å². The smallest absolute Gasteiger partial charge is 0.337 e. The molecule has 5 nitrogen and oxygen atoms in total. The Morgan fingerprint density at radius 2 is 2.33 bits per heavy atom. The lowest BCUT2D eigenvalue weighted by Crippen LogP contribution is -2.04. The highest BCUT2D eigenvalue weighted by Gasteiger charge is 2.10. The van der Waals surface area contributed by atoms with E-state index in [2.05, 4.69) is 10.3 Å². The van der Waals surface area contributed by atoms with E-state index in [1.54, 1.807) is 0 Å². The first-order valence-corrected chi connectivity index (χ1v) is 5.62. The van der Waals surface area contributed by atoms with Crippen LogP contribution in [0.15, 0.2) is 28.8 Å². The minimum Gasteiger partial charge on any atom is -0.478 e. The standard InChI is InChI=1S/C12H11ClN2O3/c1-7-2-3-8(18-7)5-14-11-4-9(12(16)17)10(13)6-15-11/h2-4,6H,5H2,1H3,(H,14,15)(H,16,17). The highest BCUT2D eigenvalue weighted by molar-refractivity contribution is 6.33. The second-order valence-electron chi connectivity index (χ2n) is 3.72. The Hall–Kier alpha value is -2.01. The van der Waals surface area contributed by atoms with Crippen molar-refractivity contribution < 1.29 is 14.3 Å². The third-order valence-corrected chi connectivity index (χ3v) is 2.63. The summed E-state index contributed by atoms with van der Waals surface area (Å²) in [4.78, 5) is 14.9. The number of carboxylic acids is 1. The van der Waals surface area contributed by atoms with Crippen molar-refractivity contribution in [1.29, 1.82) is 0 Å². The Balaban J connectivity index is 2.10. The summed E-state index contributed by atoms with van der Waals surface area (Å²) in [5, 5.41) is 12.0. The summed E-state index contributed by atoms with van der Waals surface area (Å²) in [5.74, 6) is 0.924. The highest BCUT2D eigenvalue weighted by atomic mass is 35.5. The van der Waals surface area contributed by atoms with E-state index < -0.39 is 5.97 Å². The number of nitrogens with one attached hydrogen (secondary N) is 1. The van der Waals surface area contributed by atoms with E-state index in [0.717, 1.165) is 11.5 Å². The third kappa shape index (κ3) is 2.81. The van der Waals surface area contributed by atoms with Gasteiger partial charge in [0.2, 0.25) is 0 Å². The summed E-state index contributed by atoms with van der Waals surface area (Å²) in [5.41, 5.74) is 0.0183. The number of anilines is 1. The number of carboxylic acid groups (broad SMARTS) is 1. The second-order valence-corrected chi connectivity index (χ2v) is 4.13. The number of aromatic carboxylic acids is 1. The molecule has 94 valence electrons. The number of halogens is 1. The molecule has 0 aliphatic rings. The summed E-state index contributed by atoms with van der Waals surface area (Å²) in [7, 11) is 0. The third-order valence-electron chi connectivity index (χ3n) is 2.33. The first-order valence-electron chi connectivity index (χ1n) is 5.24. The Bertz CT molecular complexity index is 580. The monoisotopic (exact) mass is 266 g/mol. The number of carbonyl (C=O) groups is 1. The predicted octanol–water partition coefficient (Wildman–Crippen LogP) is 2.95. The molecule has 2 rings (SSSR count). The molecule has 2 N–H and O–H groups in total. The summed E-state index contributed by atoms with van der Waals surface area (Å²) in [6.07, 6.45) is 1.31. The van der Waals surface area contributed by atoms with Crippen molar-refractivity contribution in [3.05, 3.63) is 46.5 Å². The van der Waals surface area contributed by atoms with Crippen molar-refractivity contribution in [2.45, 2.75) is 13.5 Å². The molecule has 0 saturated heterocycles. The molecule has 0 aliphatic heterocycles. The number of pyridine rings is 1. The van der Waals surface area contributed by atoms with Crippen LogP contribution < -0.4 is 5.32 Å². The molecular weight excluding hydrogens is 256 g/mol. The SMILES string of the molecule is Cc1ccc(CNc2cc(C(=O)O)c(Cl)cn2)o1. The molecule has 0 aliphatic carbocycles. The summed E-state index contributed by atoms with van der Waals surface area (Å²) >= 11 is 5.72. The van der Waals surface area contributed by atoms with Gasteiger partial charge in [-0.15, -0.1) is 0 Å². The minimum absolute atomic E-state index is 0.0183. The van der Waals surface area contributed by atoms with E-state index >= 15 is 0 Å². The lowest BCUT2D eigenvalue weighted by molar-refractivity contribution is 0.0697. The Kier molecular flexibility index (Phi) is 3.53. The van der Waals surface area contributed by atoms with E-state index in [9.17, 15) is 4.79 Å². The van der Waals surface area contributed by atoms with Gasteiger partial charge in [-0.25, -0.2) is 9.78 Å². The molecule has 0 bridgehead atoms. The van der Waals surface area contributed by atoms with E-state index in [1.165, 1.54) is 12.3 Å². The number of hydrogen-bond acceptors (Lipinski definition) is 4. The summed E-state index contributed by atoms with van der Waals surface area (Å²) < 4.78 is 5.37. The maximum absolute atomic E-state index is 10.9. The van der Waals surface area contributed by atoms with Gasteiger partial charge < -0.3 is 14.8 Å². The van der Waals surface area contributed by atoms with Gasteiger partial charge in [-0.05, 0) is 25.1 Å². The molecule has 0 radical (unpaired) electrons. The van der Waals surface area contributed by atoms with Crippen molar-refractivity contribution in [3.63, 3.8) is 0 Å². The van der Waals surface area contributed by atoms with Crippen LogP contribution in [0.4, 0.5) is 5.82 Å². The number of aromatic nitrogens is 1. The van der Waals surface area contributed by atoms with E-state index in [1.807, 2.05) is 19.1 Å². The fraction of sp³-hybridized carbons (Fsp3) is 0.167. The molecule has 0 amide bonds. The first-order chi connectivity index (χ1) is 8.56. The predicted molar refractivity (Wildman–Crippen MR) is 67.0 cm³/mol. The molecule has 2 aromatic rings. The average Bonchev–Trinajstić information content (AvgIpc) is 2.74. The molecule has 2 aromatic heterocycles. The average molecular weight is 267 g/mol. The number of furan rings is 1.